The zero-order valence-electron chi connectivity index (χ0n) is 12.1. The van der Waals surface area contributed by atoms with E-state index < -0.39 is 12.1 Å². The molecule has 7 nitrogen and oxygen atoms in total. The van der Waals surface area contributed by atoms with Crippen molar-refractivity contribution >= 4 is 27.8 Å². The summed E-state index contributed by atoms with van der Waals surface area (Å²) in [7, 11) is 0. The molecule has 1 saturated heterocycles. The predicted molar refractivity (Wildman–Crippen MR) is 84.5 cm³/mol. The molecule has 1 aliphatic rings. The lowest BCUT2D eigenvalue weighted by atomic mass is 10.1. The minimum Gasteiger partial charge on any atom is -0.479 e. The smallest absolute Gasteiger partial charge is 0.334 e. The maximum Gasteiger partial charge on any atom is 0.334 e. The predicted octanol–water partition coefficient (Wildman–Crippen LogP) is 1.56. The molecule has 8 heteroatoms. The van der Waals surface area contributed by atoms with Crippen LogP contribution in [0.15, 0.2) is 41.1 Å². The molecule has 1 aliphatic heterocycles. The largest absolute Gasteiger partial charge is 0.479 e. The zero-order valence-corrected chi connectivity index (χ0v) is 13.6. The molecule has 0 unspecified atom stereocenters. The number of carboxylic acid groups (broad SMARTS) is 1. The fourth-order valence-corrected chi connectivity index (χ4v) is 2.67. The van der Waals surface area contributed by atoms with E-state index in [1.165, 1.54) is 4.90 Å². The number of carbonyl (C=O) groups excluding carboxylic acids is 1. The maximum atomic E-state index is 12.6. The first-order valence-electron chi connectivity index (χ1n) is 6.99. The van der Waals surface area contributed by atoms with Crippen LogP contribution in [0.3, 0.4) is 0 Å². The second-order valence-electron chi connectivity index (χ2n) is 5.10. The fraction of sp³-hybridized carbons (Fsp3) is 0.267. The summed E-state index contributed by atoms with van der Waals surface area (Å²) in [6.07, 6.45) is 2.48. The topological polar surface area (TPSA) is 84.7 Å². The molecule has 1 aromatic carbocycles. The number of nitrogens with zero attached hydrogens (tertiary/aromatic N) is 3. The number of hydrogen-bond donors (Lipinski definition) is 1. The molecule has 1 aromatic heterocycles. The molecular weight excluding hydrogens is 366 g/mol. The first kappa shape index (κ1) is 15.7. The first-order valence-corrected chi connectivity index (χ1v) is 7.78. The van der Waals surface area contributed by atoms with Crippen LogP contribution in [0.4, 0.5) is 0 Å². The number of halogens is 1. The van der Waals surface area contributed by atoms with E-state index >= 15 is 0 Å². The molecular formula is C15H14BrN3O4. The van der Waals surface area contributed by atoms with Crippen molar-refractivity contribution in [2.75, 3.05) is 19.7 Å². The Morgan fingerprint density at radius 1 is 1.39 bits per heavy atom. The van der Waals surface area contributed by atoms with Gasteiger partial charge in [-0.15, -0.1) is 0 Å². The summed E-state index contributed by atoms with van der Waals surface area (Å²) in [5, 5.41) is 13.2. The Kier molecular flexibility index (Phi) is 4.44. The second-order valence-corrected chi connectivity index (χ2v) is 6.02. The van der Waals surface area contributed by atoms with Gasteiger partial charge in [-0.25, -0.2) is 9.48 Å². The summed E-state index contributed by atoms with van der Waals surface area (Å²) in [5.41, 5.74) is 1.24. The third-order valence-corrected chi connectivity index (χ3v) is 3.95. The Labute approximate surface area is 140 Å². The maximum absolute atomic E-state index is 12.6. The molecule has 0 saturated carbocycles. The number of morpholine rings is 1. The van der Waals surface area contributed by atoms with Crippen molar-refractivity contribution in [2.45, 2.75) is 6.10 Å². The van der Waals surface area contributed by atoms with E-state index in [0.29, 0.717) is 12.1 Å². The van der Waals surface area contributed by atoms with Crippen molar-refractivity contribution < 1.29 is 19.4 Å². The van der Waals surface area contributed by atoms with Crippen LogP contribution in [0.1, 0.15) is 10.4 Å². The van der Waals surface area contributed by atoms with Crippen LogP contribution in [-0.2, 0) is 9.53 Å². The van der Waals surface area contributed by atoms with Gasteiger partial charge in [-0.1, -0.05) is 6.07 Å². The van der Waals surface area contributed by atoms with Gasteiger partial charge in [-0.2, -0.15) is 5.10 Å². The van der Waals surface area contributed by atoms with E-state index in [9.17, 15) is 9.59 Å². The van der Waals surface area contributed by atoms with Crippen LogP contribution < -0.4 is 0 Å². The Morgan fingerprint density at radius 3 is 2.91 bits per heavy atom. The lowest BCUT2D eigenvalue weighted by Gasteiger charge is -2.31. The van der Waals surface area contributed by atoms with Gasteiger partial charge in [-0.05, 0) is 34.1 Å². The molecule has 0 spiro atoms. The molecule has 0 radical (unpaired) electrons. The number of ether oxygens (including phenoxy) is 1. The zero-order chi connectivity index (χ0) is 16.4. The summed E-state index contributed by atoms with van der Waals surface area (Å²) in [4.78, 5) is 25.1. The van der Waals surface area contributed by atoms with Crippen LogP contribution in [0.25, 0.3) is 5.69 Å². The van der Waals surface area contributed by atoms with E-state index in [2.05, 4.69) is 21.0 Å². The molecule has 3 rings (SSSR count). The monoisotopic (exact) mass is 379 g/mol. The Bertz CT molecular complexity index is 746. The van der Waals surface area contributed by atoms with Crippen LogP contribution in [0.2, 0.25) is 0 Å². The lowest BCUT2D eigenvalue weighted by molar-refractivity contribution is -0.154. The number of aromatic nitrogens is 2. The quantitative estimate of drug-likeness (QED) is 0.874. The van der Waals surface area contributed by atoms with Gasteiger partial charge in [0.05, 0.1) is 29.5 Å². The van der Waals surface area contributed by atoms with E-state index in [0.717, 1.165) is 10.2 Å². The first-order chi connectivity index (χ1) is 11.0. The highest BCUT2D eigenvalue weighted by molar-refractivity contribution is 9.10. The molecule has 1 atom stereocenters. The van der Waals surface area contributed by atoms with Gasteiger partial charge in [0.2, 0.25) is 0 Å². The number of benzene rings is 1. The van der Waals surface area contributed by atoms with Gasteiger partial charge < -0.3 is 14.7 Å². The van der Waals surface area contributed by atoms with Crippen LogP contribution >= 0.6 is 15.9 Å². The van der Waals surface area contributed by atoms with Crippen LogP contribution in [0, 0.1) is 0 Å². The Balaban J connectivity index is 1.81. The molecule has 120 valence electrons. The summed E-state index contributed by atoms with van der Waals surface area (Å²) < 4.78 is 7.63. The average molecular weight is 380 g/mol. The highest BCUT2D eigenvalue weighted by atomic mass is 79.9. The third-order valence-electron chi connectivity index (χ3n) is 3.54. The van der Waals surface area contributed by atoms with Crippen molar-refractivity contribution in [3.05, 3.63) is 46.7 Å². The highest BCUT2D eigenvalue weighted by Crippen LogP contribution is 2.16. The molecule has 23 heavy (non-hydrogen) atoms. The van der Waals surface area contributed by atoms with Gasteiger partial charge in [0.25, 0.3) is 5.91 Å². The Hall–Kier alpha value is -2.19. The third kappa shape index (κ3) is 3.43. The van der Waals surface area contributed by atoms with E-state index in [1.807, 2.05) is 6.07 Å². The molecule has 0 bridgehead atoms. The van der Waals surface area contributed by atoms with Gasteiger partial charge in [0.15, 0.2) is 6.10 Å². The van der Waals surface area contributed by atoms with E-state index in [4.69, 9.17) is 9.84 Å². The second kappa shape index (κ2) is 6.51. The SMILES string of the molecule is O=C(O)[C@@H]1CN(C(=O)c2cccc(-n3cc(Br)cn3)c2)CCO1. The van der Waals surface area contributed by atoms with E-state index in [-0.39, 0.29) is 19.1 Å². The number of amides is 1. The van der Waals surface area contributed by atoms with E-state index in [1.54, 1.807) is 35.3 Å². The molecule has 2 heterocycles. The summed E-state index contributed by atoms with van der Waals surface area (Å²) in [5.74, 6) is -1.27. The van der Waals surface area contributed by atoms with Crippen molar-refractivity contribution in [1.29, 1.82) is 0 Å². The van der Waals surface area contributed by atoms with Gasteiger partial charge in [0.1, 0.15) is 0 Å². The minimum absolute atomic E-state index is 0.0473. The van der Waals surface area contributed by atoms with Crippen LogP contribution in [-0.4, -0.2) is 57.5 Å². The number of carboxylic acids is 1. The van der Waals surface area contributed by atoms with Crippen molar-refractivity contribution in [3.8, 4) is 5.69 Å². The lowest BCUT2D eigenvalue weighted by Crippen LogP contribution is -2.48. The minimum atomic E-state index is -1.06. The van der Waals surface area contributed by atoms with Crippen molar-refractivity contribution in [1.82, 2.24) is 14.7 Å². The number of carbonyl (C=O) groups is 2. The van der Waals surface area contributed by atoms with Crippen molar-refractivity contribution in [3.63, 3.8) is 0 Å². The highest BCUT2D eigenvalue weighted by Gasteiger charge is 2.29. The molecule has 1 N–H and O–H groups in total. The van der Waals surface area contributed by atoms with Gasteiger partial charge in [0, 0.05) is 18.3 Å². The number of aliphatic carboxylic acids is 1. The Morgan fingerprint density at radius 2 is 2.22 bits per heavy atom. The fourth-order valence-electron chi connectivity index (χ4n) is 2.39. The molecule has 1 fully saturated rings. The molecule has 0 aliphatic carbocycles. The normalized spacial score (nSPS) is 18.0. The van der Waals surface area contributed by atoms with Gasteiger partial charge in [-0.3, -0.25) is 4.79 Å². The summed E-state index contributed by atoms with van der Waals surface area (Å²) >= 11 is 3.33. The summed E-state index contributed by atoms with van der Waals surface area (Å²) in [6, 6.07) is 7.05. The average Bonchev–Trinajstić information content (AvgIpc) is 3.01. The van der Waals surface area contributed by atoms with Gasteiger partial charge >= 0.3 is 5.97 Å². The van der Waals surface area contributed by atoms with Crippen molar-refractivity contribution in [2.24, 2.45) is 0 Å². The van der Waals surface area contributed by atoms with Crippen LogP contribution in [0.5, 0.6) is 0 Å². The molecule has 2 aromatic rings. The number of hydrogen-bond acceptors (Lipinski definition) is 4. The summed E-state index contributed by atoms with van der Waals surface area (Å²) in [6.45, 7) is 0.639. The standard InChI is InChI=1S/C15H14BrN3O4/c16-11-7-17-19(8-11)12-3-1-2-10(6-12)14(20)18-4-5-23-13(9-18)15(21)22/h1-3,6-8,13H,4-5,9H2,(H,21,22)/t13-/m0/s1. The molecule has 1 amide bonds. The number of rotatable bonds is 3.